The Kier molecular flexibility index (Phi) is 7.34. The number of nitrogens with one attached hydrogen (secondary N) is 2. The normalized spacial score (nSPS) is 10.4. The van der Waals surface area contributed by atoms with Gasteiger partial charge < -0.3 is 25.5 Å². The van der Waals surface area contributed by atoms with Crippen LogP contribution in [0.4, 0.5) is 10.5 Å². The first kappa shape index (κ1) is 21.3. The number of urea groups is 1. The summed E-state index contributed by atoms with van der Waals surface area (Å²) in [4.78, 5) is 28.4. The van der Waals surface area contributed by atoms with Crippen molar-refractivity contribution in [1.29, 1.82) is 0 Å². The number of nitrogens with zero attached hydrogens (tertiary/aromatic N) is 1. The molecule has 156 valence electrons. The average Bonchev–Trinajstić information content (AvgIpc) is 3.22. The van der Waals surface area contributed by atoms with E-state index in [1.54, 1.807) is 25.5 Å². The van der Waals surface area contributed by atoms with Gasteiger partial charge >= 0.3 is 6.03 Å². The molecular weight excluding hydrogens is 404 g/mol. The van der Waals surface area contributed by atoms with E-state index in [9.17, 15) is 9.59 Å². The highest BCUT2D eigenvalue weighted by Gasteiger charge is 2.10. The number of nitrogens with two attached hydrogens (primary N) is 1. The lowest BCUT2D eigenvalue weighted by atomic mass is 10.2. The van der Waals surface area contributed by atoms with Gasteiger partial charge in [-0.15, -0.1) is 11.8 Å². The van der Waals surface area contributed by atoms with Crippen molar-refractivity contribution in [1.82, 2.24) is 10.3 Å². The van der Waals surface area contributed by atoms with Gasteiger partial charge in [0.05, 0.1) is 24.2 Å². The van der Waals surface area contributed by atoms with Crippen LogP contribution in [0.25, 0.3) is 11.5 Å². The minimum Gasteiger partial charge on any atom is -0.497 e. The number of hydrogen-bond donors (Lipinski definition) is 3. The summed E-state index contributed by atoms with van der Waals surface area (Å²) < 4.78 is 10.7. The largest absolute Gasteiger partial charge is 0.497 e. The zero-order chi connectivity index (χ0) is 21.3. The summed E-state index contributed by atoms with van der Waals surface area (Å²) in [6, 6.07) is 14.3. The number of hydrogen-bond acceptors (Lipinski definition) is 6. The molecule has 0 saturated carbocycles. The Bertz CT molecular complexity index is 1000. The van der Waals surface area contributed by atoms with E-state index in [0.29, 0.717) is 24.5 Å². The van der Waals surface area contributed by atoms with Crippen LogP contribution in [0.15, 0.2) is 64.1 Å². The third-order valence-electron chi connectivity index (χ3n) is 4.06. The summed E-state index contributed by atoms with van der Waals surface area (Å²) in [5.74, 6) is 0.997. The Morgan fingerprint density at radius 2 is 1.93 bits per heavy atom. The van der Waals surface area contributed by atoms with Crippen molar-refractivity contribution >= 4 is 29.4 Å². The van der Waals surface area contributed by atoms with Gasteiger partial charge in [0.2, 0.25) is 11.8 Å². The van der Waals surface area contributed by atoms with Crippen LogP contribution in [0.3, 0.4) is 0 Å². The molecule has 2 aromatic carbocycles. The van der Waals surface area contributed by atoms with Crippen LogP contribution in [-0.2, 0) is 11.2 Å². The molecule has 0 bridgehead atoms. The maximum absolute atomic E-state index is 12.2. The van der Waals surface area contributed by atoms with Crippen LogP contribution < -0.4 is 21.1 Å². The topological polar surface area (TPSA) is 119 Å². The van der Waals surface area contributed by atoms with Crippen molar-refractivity contribution in [3.05, 3.63) is 60.5 Å². The highest BCUT2D eigenvalue weighted by Crippen LogP contribution is 2.26. The van der Waals surface area contributed by atoms with Crippen LogP contribution in [0.1, 0.15) is 5.69 Å². The number of amides is 3. The highest BCUT2D eigenvalue weighted by molar-refractivity contribution is 8.00. The first-order valence-corrected chi connectivity index (χ1v) is 10.2. The van der Waals surface area contributed by atoms with Crippen LogP contribution in [0.5, 0.6) is 5.75 Å². The van der Waals surface area contributed by atoms with Crippen LogP contribution in [0, 0.1) is 0 Å². The van der Waals surface area contributed by atoms with E-state index in [-0.39, 0.29) is 11.8 Å². The third-order valence-corrected chi connectivity index (χ3v) is 5.16. The van der Waals surface area contributed by atoms with E-state index in [1.807, 2.05) is 36.4 Å². The molecule has 3 aromatic rings. The number of primary amides is 1. The predicted octanol–water partition coefficient (Wildman–Crippen LogP) is 3.29. The highest BCUT2D eigenvalue weighted by atomic mass is 32.2. The second kappa shape index (κ2) is 10.4. The predicted molar refractivity (Wildman–Crippen MR) is 116 cm³/mol. The van der Waals surface area contributed by atoms with E-state index >= 15 is 0 Å². The molecule has 3 amide bonds. The summed E-state index contributed by atoms with van der Waals surface area (Å²) in [5.41, 5.74) is 7.38. The molecule has 0 aliphatic heterocycles. The third kappa shape index (κ3) is 6.02. The van der Waals surface area contributed by atoms with Crippen molar-refractivity contribution in [3.8, 4) is 17.2 Å². The van der Waals surface area contributed by atoms with Gasteiger partial charge in [-0.2, -0.15) is 0 Å². The van der Waals surface area contributed by atoms with E-state index in [2.05, 4.69) is 15.6 Å². The maximum atomic E-state index is 12.2. The summed E-state index contributed by atoms with van der Waals surface area (Å²) >= 11 is 1.27. The van der Waals surface area contributed by atoms with E-state index in [0.717, 1.165) is 21.9 Å². The lowest BCUT2D eigenvalue weighted by Crippen LogP contribution is -2.30. The zero-order valence-corrected chi connectivity index (χ0v) is 17.2. The fourth-order valence-corrected chi connectivity index (χ4v) is 3.35. The van der Waals surface area contributed by atoms with Crippen LogP contribution >= 0.6 is 11.8 Å². The lowest BCUT2D eigenvalue weighted by molar-refractivity contribution is -0.115. The molecule has 1 aromatic heterocycles. The van der Waals surface area contributed by atoms with Gasteiger partial charge in [0.25, 0.3) is 0 Å². The number of aromatic nitrogens is 1. The SMILES string of the molecule is COc1ccc(-c2nc(CCNC(=O)Nc3ccccc3SCC(N)=O)co2)cc1. The number of methoxy groups -OCH3 is 1. The molecule has 1 heterocycles. The van der Waals surface area contributed by atoms with E-state index < -0.39 is 5.91 Å². The Labute approximate surface area is 178 Å². The lowest BCUT2D eigenvalue weighted by Gasteiger charge is -2.10. The molecule has 0 radical (unpaired) electrons. The second-order valence-electron chi connectivity index (χ2n) is 6.25. The van der Waals surface area contributed by atoms with Crippen molar-refractivity contribution in [3.63, 3.8) is 0 Å². The Morgan fingerprint density at radius 1 is 1.17 bits per heavy atom. The molecule has 30 heavy (non-hydrogen) atoms. The molecule has 4 N–H and O–H groups in total. The monoisotopic (exact) mass is 426 g/mol. The van der Waals surface area contributed by atoms with Gasteiger partial charge in [0, 0.05) is 23.4 Å². The number of carbonyl (C=O) groups is 2. The van der Waals surface area contributed by atoms with Crippen molar-refractivity contribution in [2.24, 2.45) is 5.73 Å². The van der Waals surface area contributed by atoms with Crippen LogP contribution in [0.2, 0.25) is 0 Å². The minimum atomic E-state index is -0.416. The number of rotatable bonds is 9. The summed E-state index contributed by atoms with van der Waals surface area (Å²) in [6.45, 7) is 0.386. The molecule has 8 nitrogen and oxygen atoms in total. The molecule has 9 heteroatoms. The molecular formula is C21H22N4O4S. The van der Waals surface area contributed by atoms with Gasteiger partial charge in [0.1, 0.15) is 12.0 Å². The molecule has 3 rings (SSSR count). The first-order chi connectivity index (χ1) is 14.5. The molecule has 0 atom stereocenters. The summed E-state index contributed by atoms with van der Waals surface area (Å²) in [6.07, 6.45) is 2.10. The standard InChI is InChI=1S/C21H22N4O4S/c1-28-16-8-6-14(7-9-16)20-24-15(12-29-20)10-11-23-21(27)25-17-4-2-3-5-18(17)30-13-19(22)26/h2-9,12H,10-11,13H2,1H3,(H2,22,26)(H2,23,25,27). The molecule has 0 spiro atoms. The average molecular weight is 426 g/mol. The van der Waals surface area contributed by atoms with Crippen molar-refractivity contribution in [2.75, 3.05) is 24.7 Å². The maximum Gasteiger partial charge on any atom is 0.319 e. The van der Waals surface area contributed by atoms with E-state index in [1.165, 1.54) is 11.8 Å². The Morgan fingerprint density at radius 3 is 2.67 bits per heavy atom. The van der Waals surface area contributed by atoms with Gasteiger partial charge in [-0.3, -0.25) is 4.79 Å². The number of benzene rings is 2. The number of anilines is 1. The van der Waals surface area contributed by atoms with E-state index in [4.69, 9.17) is 14.9 Å². The van der Waals surface area contributed by atoms with Crippen molar-refractivity contribution < 1.29 is 18.7 Å². The zero-order valence-electron chi connectivity index (χ0n) is 16.4. The van der Waals surface area contributed by atoms with Gasteiger partial charge in [0.15, 0.2) is 0 Å². The van der Waals surface area contributed by atoms with Crippen LogP contribution in [-0.4, -0.2) is 36.3 Å². The Balaban J connectivity index is 1.49. The molecule has 0 aliphatic carbocycles. The number of thioether (sulfide) groups is 1. The Hall–Kier alpha value is -3.46. The number of carbonyl (C=O) groups excluding carboxylic acids is 2. The molecule has 0 fully saturated rings. The molecule has 0 unspecified atom stereocenters. The quantitative estimate of drug-likeness (QED) is 0.452. The number of para-hydroxylation sites is 1. The fraction of sp³-hybridized carbons (Fsp3) is 0.190. The molecule has 0 saturated heterocycles. The number of oxazole rings is 1. The summed E-state index contributed by atoms with van der Waals surface area (Å²) in [7, 11) is 1.61. The smallest absolute Gasteiger partial charge is 0.319 e. The van der Waals surface area contributed by atoms with Gasteiger partial charge in [-0.1, -0.05) is 12.1 Å². The van der Waals surface area contributed by atoms with Crippen molar-refractivity contribution in [2.45, 2.75) is 11.3 Å². The number of ether oxygens (including phenoxy) is 1. The fourth-order valence-electron chi connectivity index (χ4n) is 2.60. The minimum absolute atomic E-state index is 0.142. The van der Waals surface area contributed by atoms with Gasteiger partial charge in [-0.05, 0) is 36.4 Å². The summed E-state index contributed by atoms with van der Waals surface area (Å²) in [5, 5.41) is 5.57. The molecule has 0 aliphatic rings. The first-order valence-electron chi connectivity index (χ1n) is 9.19. The van der Waals surface area contributed by atoms with Gasteiger partial charge in [-0.25, -0.2) is 9.78 Å². The second-order valence-corrected chi connectivity index (χ2v) is 7.27.